The van der Waals surface area contributed by atoms with Crippen LogP contribution in [0.4, 0.5) is 0 Å². The Hall–Kier alpha value is -0.490. The summed E-state index contributed by atoms with van der Waals surface area (Å²) in [4.78, 5) is -0.267. The highest BCUT2D eigenvalue weighted by Crippen LogP contribution is 2.56. The largest absolute Gasteiger partial charge is 0.113 e. The Morgan fingerprint density at radius 1 is 0.773 bits per heavy atom. The monoisotopic (exact) mass is 320 g/mol. The van der Waals surface area contributed by atoms with Crippen molar-refractivity contribution in [2.24, 2.45) is 22.7 Å². The Labute approximate surface area is 142 Å². The molecule has 0 amide bonds. The van der Waals surface area contributed by atoms with Crippen molar-refractivity contribution in [2.75, 3.05) is 0 Å². The highest BCUT2D eigenvalue weighted by Gasteiger charge is 2.49. The summed E-state index contributed by atoms with van der Waals surface area (Å²) < 4.78 is 0. The SMILES string of the molecule is CC(C)(C)C1CCC(C(Cl)(c2ccccc2)C(C)(C)C)CC1. The molecule has 0 spiro atoms. The maximum Gasteiger partial charge on any atom is 0.0771 e. The van der Waals surface area contributed by atoms with Crippen LogP contribution in [0.2, 0.25) is 0 Å². The molecule has 1 aliphatic rings. The fourth-order valence-corrected chi connectivity index (χ4v) is 4.66. The standard InChI is InChI=1S/C21H33Cl/c1-19(2,3)16-12-14-18(15-13-16)21(22,20(4,5)6)17-10-8-7-9-11-17/h7-11,16,18H,12-15H2,1-6H3. The molecule has 124 valence electrons. The third-order valence-corrected chi connectivity index (χ3v) is 6.89. The Kier molecular flexibility index (Phi) is 5.03. The molecular formula is C21H33Cl. The van der Waals surface area contributed by atoms with Crippen LogP contribution < -0.4 is 0 Å². The number of rotatable bonds is 2. The summed E-state index contributed by atoms with van der Waals surface area (Å²) in [6.07, 6.45) is 5.12. The molecule has 1 aromatic carbocycles. The predicted octanol–water partition coefficient (Wildman–Crippen LogP) is 7.02. The van der Waals surface area contributed by atoms with E-state index in [-0.39, 0.29) is 10.3 Å². The lowest BCUT2D eigenvalue weighted by Crippen LogP contribution is -2.44. The van der Waals surface area contributed by atoms with E-state index in [1.54, 1.807) is 0 Å². The van der Waals surface area contributed by atoms with Crippen LogP contribution >= 0.6 is 11.6 Å². The normalized spacial score (nSPS) is 26.5. The van der Waals surface area contributed by atoms with E-state index in [1.807, 2.05) is 0 Å². The number of alkyl halides is 1. The smallest absolute Gasteiger partial charge is 0.0771 e. The van der Waals surface area contributed by atoms with Gasteiger partial charge < -0.3 is 0 Å². The summed E-state index contributed by atoms with van der Waals surface area (Å²) in [6.45, 7) is 14.0. The van der Waals surface area contributed by atoms with E-state index in [2.05, 4.69) is 71.9 Å². The second kappa shape index (κ2) is 6.19. The molecular weight excluding hydrogens is 288 g/mol. The van der Waals surface area contributed by atoms with Gasteiger partial charge in [-0.2, -0.15) is 0 Å². The second-order valence-corrected chi connectivity index (χ2v) is 9.84. The van der Waals surface area contributed by atoms with Crippen LogP contribution in [0, 0.1) is 22.7 Å². The maximum atomic E-state index is 7.38. The van der Waals surface area contributed by atoms with Crippen LogP contribution in [-0.4, -0.2) is 0 Å². The van der Waals surface area contributed by atoms with Gasteiger partial charge in [-0.1, -0.05) is 71.9 Å². The number of halogens is 1. The first-order chi connectivity index (χ1) is 10.1. The average Bonchev–Trinajstić information content (AvgIpc) is 2.45. The topological polar surface area (TPSA) is 0 Å². The Morgan fingerprint density at radius 2 is 1.23 bits per heavy atom. The highest BCUT2D eigenvalue weighted by molar-refractivity contribution is 6.24. The van der Waals surface area contributed by atoms with Crippen molar-refractivity contribution in [1.29, 1.82) is 0 Å². The average molecular weight is 321 g/mol. The maximum absolute atomic E-state index is 7.38. The molecule has 2 rings (SSSR count). The third-order valence-electron chi connectivity index (χ3n) is 5.80. The Balaban J connectivity index is 2.27. The van der Waals surface area contributed by atoms with Crippen LogP contribution in [0.3, 0.4) is 0 Å². The quantitative estimate of drug-likeness (QED) is 0.513. The van der Waals surface area contributed by atoms with E-state index in [0.717, 1.165) is 5.92 Å². The molecule has 0 N–H and O–H groups in total. The van der Waals surface area contributed by atoms with Gasteiger partial charge in [0.25, 0.3) is 0 Å². The lowest BCUT2D eigenvalue weighted by molar-refractivity contribution is 0.0927. The Morgan fingerprint density at radius 3 is 1.64 bits per heavy atom. The minimum Gasteiger partial charge on any atom is -0.113 e. The first-order valence-corrected chi connectivity index (χ1v) is 9.19. The second-order valence-electron chi connectivity index (χ2n) is 9.24. The molecule has 0 nitrogen and oxygen atoms in total. The van der Waals surface area contributed by atoms with Crippen molar-refractivity contribution < 1.29 is 0 Å². The molecule has 0 bridgehead atoms. The fraction of sp³-hybridized carbons (Fsp3) is 0.714. The van der Waals surface area contributed by atoms with Crippen molar-refractivity contribution >= 4 is 11.6 Å². The van der Waals surface area contributed by atoms with Gasteiger partial charge in [0.2, 0.25) is 0 Å². The van der Waals surface area contributed by atoms with Crippen molar-refractivity contribution in [3.8, 4) is 0 Å². The number of benzene rings is 1. The van der Waals surface area contributed by atoms with Gasteiger partial charge in [0.1, 0.15) is 0 Å². The van der Waals surface area contributed by atoms with Gasteiger partial charge in [-0.25, -0.2) is 0 Å². The molecule has 1 unspecified atom stereocenters. The number of hydrogen-bond donors (Lipinski definition) is 0. The molecule has 1 heteroatoms. The van der Waals surface area contributed by atoms with Gasteiger partial charge in [-0.15, -0.1) is 11.6 Å². The zero-order chi connectivity index (χ0) is 16.6. The molecule has 22 heavy (non-hydrogen) atoms. The molecule has 1 atom stereocenters. The minimum absolute atomic E-state index is 0.0507. The summed E-state index contributed by atoms with van der Waals surface area (Å²) in [5.41, 5.74) is 1.77. The molecule has 1 aliphatic carbocycles. The summed E-state index contributed by atoms with van der Waals surface area (Å²) in [5.74, 6) is 1.40. The summed E-state index contributed by atoms with van der Waals surface area (Å²) in [7, 11) is 0. The Bertz CT molecular complexity index is 469. The molecule has 1 saturated carbocycles. The van der Waals surface area contributed by atoms with Gasteiger partial charge >= 0.3 is 0 Å². The van der Waals surface area contributed by atoms with Crippen molar-refractivity contribution in [2.45, 2.75) is 72.1 Å². The van der Waals surface area contributed by atoms with E-state index in [1.165, 1.54) is 31.2 Å². The van der Waals surface area contributed by atoms with E-state index >= 15 is 0 Å². The zero-order valence-corrected chi connectivity index (χ0v) is 16.0. The molecule has 1 fully saturated rings. The minimum atomic E-state index is -0.267. The van der Waals surface area contributed by atoms with E-state index in [0.29, 0.717) is 11.3 Å². The highest BCUT2D eigenvalue weighted by atomic mass is 35.5. The van der Waals surface area contributed by atoms with E-state index in [4.69, 9.17) is 11.6 Å². The van der Waals surface area contributed by atoms with Crippen molar-refractivity contribution in [3.63, 3.8) is 0 Å². The van der Waals surface area contributed by atoms with E-state index in [9.17, 15) is 0 Å². The summed E-state index contributed by atoms with van der Waals surface area (Å²) in [6, 6.07) is 10.8. The first-order valence-electron chi connectivity index (χ1n) is 8.81. The van der Waals surface area contributed by atoms with Gasteiger partial charge in [0.15, 0.2) is 0 Å². The first kappa shape index (κ1) is 17.9. The van der Waals surface area contributed by atoms with Crippen LogP contribution in [-0.2, 0) is 4.87 Å². The molecule has 0 radical (unpaired) electrons. The van der Waals surface area contributed by atoms with Crippen molar-refractivity contribution in [1.82, 2.24) is 0 Å². The van der Waals surface area contributed by atoms with Gasteiger partial charge in [0.05, 0.1) is 4.87 Å². The van der Waals surface area contributed by atoms with Gasteiger partial charge in [-0.3, -0.25) is 0 Å². The molecule has 0 aliphatic heterocycles. The van der Waals surface area contributed by atoms with E-state index < -0.39 is 0 Å². The third kappa shape index (κ3) is 3.37. The zero-order valence-electron chi connectivity index (χ0n) is 15.2. The summed E-state index contributed by atoms with van der Waals surface area (Å²) >= 11 is 7.38. The van der Waals surface area contributed by atoms with Gasteiger partial charge in [0, 0.05) is 0 Å². The number of hydrogen-bond acceptors (Lipinski definition) is 0. The van der Waals surface area contributed by atoms with Crippen molar-refractivity contribution in [3.05, 3.63) is 35.9 Å². The van der Waals surface area contributed by atoms with Crippen LogP contribution in [0.15, 0.2) is 30.3 Å². The lowest BCUT2D eigenvalue weighted by atomic mass is 9.61. The van der Waals surface area contributed by atoms with Crippen LogP contribution in [0.5, 0.6) is 0 Å². The fourth-order valence-electron chi connectivity index (χ4n) is 4.32. The molecule has 1 aromatic rings. The lowest BCUT2D eigenvalue weighted by Gasteiger charge is -2.49. The molecule has 0 aromatic heterocycles. The summed E-state index contributed by atoms with van der Waals surface area (Å²) in [5, 5.41) is 0. The predicted molar refractivity (Wildman–Crippen MR) is 98.3 cm³/mol. The van der Waals surface area contributed by atoms with Gasteiger partial charge in [-0.05, 0) is 53.9 Å². The molecule has 0 heterocycles. The van der Waals surface area contributed by atoms with Crippen LogP contribution in [0.25, 0.3) is 0 Å². The molecule has 0 saturated heterocycles. The van der Waals surface area contributed by atoms with Crippen LogP contribution in [0.1, 0.15) is 72.8 Å².